The highest BCUT2D eigenvalue weighted by molar-refractivity contribution is 9.10. The Morgan fingerprint density at radius 2 is 1.96 bits per heavy atom. The molecule has 0 radical (unpaired) electrons. The predicted molar refractivity (Wildman–Crippen MR) is 112 cm³/mol. The number of rotatable bonds is 6. The summed E-state index contributed by atoms with van der Waals surface area (Å²) in [7, 11) is 1.63. The van der Waals surface area contributed by atoms with Gasteiger partial charge in [-0.05, 0) is 31.0 Å². The first-order valence-corrected chi connectivity index (χ1v) is 10.4. The second-order valence-corrected chi connectivity index (χ2v) is 8.55. The Morgan fingerprint density at radius 3 is 2.65 bits per heavy atom. The monoisotopic (exact) mass is 454 g/mol. The topological polar surface area (TPSA) is 49.9 Å². The van der Waals surface area contributed by atoms with Crippen LogP contribution < -0.4 is 4.90 Å². The molecular weight excluding hydrogens is 436 g/mol. The number of carbonyl (C=O) groups is 2. The van der Waals surface area contributed by atoms with Crippen molar-refractivity contribution < 1.29 is 14.3 Å². The van der Waals surface area contributed by atoms with Gasteiger partial charge in [0, 0.05) is 36.8 Å². The van der Waals surface area contributed by atoms with Crippen LogP contribution in [0.25, 0.3) is 5.57 Å². The van der Waals surface area contributed by atoms with E-state index < -0.39 is 0 Å². The zero-order valence-electron chi connectivity index (χ0n) is 14.6. The SMILES string of the molecule is CCCN1C(=O)C(=C2SC(=S)N(CCCOC)C2=O)c2cc(Br)ccc21. The van der Waals surface area contributed by atoms with Gasteiger partial charge in [0.25, 0.3) is 11.8 Å². The lowest BCUT2D eigenvalue weighted by molar-refractivity contribution is -0.122. The van der Waals surface area contributed by atoms with E-state index in [1.54, 1.807) is 16.9 Å². The van der Waals surface area contributed by atoms with Gasteiger partial charge < -0.3 is 9.64 Å². The van der Waals surface area contributed by atoms with Crippen LogP contribution in [0.2, 0.25) is 0 Å². The number of hydrogen-bond donors (Lipinski definition) is 0. The molecular formula is C18H19BrN2O3S2. The van der Waals surface area contributed by atoms with E-state index in [9.17, 15) is 9.59 Å². The summed E-state index contributed by atoms with van der Waals surface area (Å²) in [5, 5.41) is 0. The highest BCUT2D eigenvalue weighted by Gasteiger charge is 2.41. The molecule has 1 aromatic carbocycles. The largest absolute Gasteiger partial charge is 0.385 e. The fourth-order valence-electron chi connectivity index (χ4n) is 3.08. The second kappa shape index (κ2) is 8.21. The molecule has 2 amide bonds. The zero-order chi connectivity index (χ0) is 18.8. The van der Waals surface area contributed by atoms with Crippen LogP contribution in [0.1, 0.15) is 25.3 Å². The average molecular weight is 455 g/mol. The molecule has 0 aromatic heterocycles. The summed E-state index contributed by atoms with van der Waals surface area (Å²) in [4.78, 5) is 29.7. The van der Waals surface area contributed by atoms with Crippen LogP contribution in [0.3, 0.4) is 0 Å². The van der Waals surface area contributed by atoms with Gasteiger partial charge in [-0.3, -0.25) is 14.5 Å². The fraction of sp³-hybridized carbons (Fsp3) is 0.389. The van der Waals surface area contributed by atoms with Crippen molar-refractivity contribution in [2.24, 2.45) is 0 Å². The number of carbonyl (C=O) groups excluding carboxylic acids is 2. The van der Waals surface area contributed by atoms with Gasteiger partial charge in [0.2, 0.25) is 0 Å². The minimum absolute atomic E-state index is 0.127. The summed E-state index contributed by atoms with van der Waals surface area (Å²) in [6.45, 7) is 3.69. The van der Waals surface area contributed by atoms with Gasteiger partial charge in [0.15, 0.2) is 0 Å². The number of amides is 2. The van der Waals surface area contributed by atoms with Crippen LogP contribution in [0.15, 0.2) is 27.6 Å². The maximum absolute atomic E-state index is 13.1. The highest BCUT2D eigenvalue weighted by atomic mass is 79.9. The van der Waals surface area contributed by atoms with E-state index in [1.807, 2.05) is 25.1 Å². The predicted octanol–water partition coefficient (Wildman–Crippen LogP) is 3.81. The Morgan fingerprint density at radius 1 is 1.19 bits per heavy atom. The summed E-state index contributed by atoms with van der Waals surface area (Å²) in [5.41, 5.74) is 2.09. The number of thiocarbonyl (C=S) groups is 1. The Kier molecular flexibility index (Phi) is 6.17. The van der Waals surface area contributed by atoms with Crippen molar-refractivity contribution in [2.45, 2.75) is 19.8 Å². The Bertz CT molecular complexity index is 810. The molecule has 1 aromatic rings. The summed E-state index contributed by atoms with van der Waals surface area (Å²) >= 11 is 10.1. The average Bonchev–Trinajstić information content (AvgIpc) is 3.03. The Balaban J connectivity index is 2.02. The zero-order valence-corrected chi connectivity index (χ0v) is 17.8. The summed E-state index contributed by atoms with van der Waals surface area (Å²) in [5.74, 6) is -0.318. The molecule has 138 valence electrons. The first-order chi connectivity index (χ1) is 12.5. The molecule has 26 heavy (non-hydrogen) atoms. The molecule has 5 nitrogen and oxygen atoms in total. The smallest absolute Gasteiger partial charge is 0.267 e. The van der Waals surface area contributed by atoms with Crippen LogP contribution in [0.5, 0.6) is 0 Å². The molecule has 2 aliphatic heterocycles. The molecule has 0 unspecified atom stereocenters. The summed E-state index contributed by atoms with van der Waals surface area (Å²) in [6, 6.07) is 5.72. The maximum Gasteiger partial charge on any atom is 0.267 e. The lowest BCUT2D eigenvalue weighted by atomic mass is 10.1. The van der Waals surface area contributed by atoms with Crippen LogP contribution in [-0.4, -0.2) is 47.8 Å². The Hall–Kier alpha value is -1.22. The standard InChI is InChI=1S/C18H19BrN2O3S2/c1-3-7-20-13-6-5-11(19)10-12(13)14(16(20)22)15-17(23)21(18(25)26-15)8-4-9-24-2/h5-6,10H,3-4,7-9H2,1-2H3. The second-order valence-electron chi connectivity index (χ2n) is 5.99. The van der Waals surface area contributed by atoms with Crippen molar-refractivity contribution >= 4 is 67.3 Å². The fourth-order valence-corrected chi connectivity index (χ4v) is 4.82. The van der Waals surface area contributed by atoms with E-state index in [0.29, 0.717) is 40.9 Å². The van der Waals surface area contributed by atoms with Gasteiger partial charge in [0.05, 0.1) is 16.2 Å². The van der Waals surface area contributed by atoms with Crippen LogP contribution >= 0.6 is 39.9 Å². The third kappa shape index (κ3) is 3.47. The van der Waals surface area contributed by atoms with Crippen molar-refractivity contribution in [3.8, 4) is 0 Å². The van der Waals surface area contributed by atoms with Crippen molar-refractivity contribution in [1.29, 1.82) is 0 Å². The molecule has 0 saturated carbocycles. The number of benzene rings is 1. The number of nitrogens with zero attached hydrogens (tertiary/aromatic N) is 2. The number of fused-ring (bicyclic) bond motifs is 1. The third-order valence-corrected chi connectivity index (χ3v) is 6.17. The van der Waals surface area contributed by atoms with Crippen LogP contribution in [0, 0.1) is 0 Å². The van der Waals surface area contributed by atoms with E-state index in [-0.39, 0.29) is 11.8 Å². The molecule has 3 rings (SSSR count). The quantitative estimate of drug-likeness (QED) is 0.371. The summed E-state index contributed by atoms with van der Waals surface area (Å²) in [6.07, 6.45) is 1.54. The molecule has 2 aliphatic rings. The maximum atomic E-state index is 13.1. The number of halogens is 1. The number of methoxy groups -OCH3 is 1. The minimum atomic E-state index is -0.191. The van der Waals surface area contributed by atoms with E-state index in [0.717, 1.165) is 22.1 Å². The van der Waals surface area contributed by atoms with Crippen molar-refractivity contribution in [3.63, 3.8) is 0 Å². The van der Waals surface area contributed by atoms with Gasteiger partial charge in [-0.25, -0.2) is 0 Å². The molecule has 0 spiro atoms. The lowest BCUT2D eigenvalue weighted by Crippen LogP contribution is -2.31. The molecule has 1 saturated heterocycles. The first kappa shape index (κ1) is 19.5. The lowest BCUT2D eigenvalue weighted by Gasteiger charge is -2.15. The van der Waals surface area contributed by atoms with E-state index in [1.165, 1.54) is 11.8 Å². The summed E-state index contributed by atoms with van der Waals surface area (Å²) < 4.78 is 6.41. The van der Waals surface area contributed by atoms with Gasteiger partial charge in [-0.2, -0.15) is 0 Å². The van der Waals surface area contributed by atoms with E-state index in [2.05, 4.69) is 15.9 Å². The molecule has 0 atom stereocenters. The number of ether oxygens (including phenoxy) is 1. The van der Waals surface area contributed by atoms with Crippen LogP contribution in [-0.2, 0) is 14.3 Å². The van der Waals surface area contributed by atoms with Crippen LogP contribution in [0.4, 0.5) is 5.69 Å². The van der Waals surface area contributed by atoms with Crippen molar-refractivity contribution in [2.75, 3.05) is 31.7 Å². The van der Waals surface area contributed by atoms with Gasteiger partial charge in [-0.1, -0.05) is 46.8 Å². The number of anilines is 1. The molecule has 1 fully saturated rings. The highest BCUT2D eigenvalue weighted by Crippen LogP contribution is 2.45. The third-order valence-electron chi connectivity index (χ3n) is 4.23. The normalized spacial score (nSPS) is 19.7. The molecule has 0 bridgehead atoms. The number of thioether (sulfide) groups is 1. The van der Waals surface area contributed by atoms with E-state index >= 15 is 0 Å². The Labute approximate surface area is 170 Å². The molecule has 0 N–H and O–H groups in total. The minimum Gasteiger partial charge on any atom is -0.385 e. The van der Waals surface area contributed by atoms with Gasteiger partial charge in [0.1, 0.15) is 4.32 Å². The molecule has 0 aliphatic carbocycles. The first-order valence-electron chi connectivity index (χ1n) is 8.38. The molecule has 8 heteroatoms. The van der Waals surface area contributed by atoms with Gasteiger partial charge >= 0.3 is 0 Å². The molecule has 2 heterocycles. The number of hydrogen-bond acceptors (Lipinski definition) is 5. The van der Waals surface area contributed by atoms with Crippen molar-refractivity contribution in [3.05, 3.63) is 33.1 Å². The van der Waals surface area contributed by atoms with Crippen molar-refractivity contribution in [1.82, 2.24) is 4.90 Å². The van der Waals surface area contributed by atoms with Gasteiger partial charge in [-0.15, -0.1) is 0 Å². The van der Waals surface area contributed by atoms with E-state index in [4.69, 9.17) is 17.0 Å².